The van der Waals surface area contributed by atoms with Crippen LogP contribution in [0.2, 0.25) is 10.0 Å². The van der Waals surface area contributed by atoms with Crippen molar-refractivity contribution in [3.05, 3.63) is 33.8 Å². The molecule has 0 amide bonds. The molecule has 0 aromatic heterocycles. The van der Waals surface area contributed by atoms with Gasteiger partial charge in [0.1, 0.15) is 0 Å². The zero-order valence-electron chi connectivity index (χ0n) is 10.6. The van der Waals surface area contributed by atoms with Crippen LogP contribution in [0.25, 0.3) is 0 Å². The van der Waals surface area contributed by atoms with Gasteiger partial charge in [-0.3, -0.25) is 9.00 Å². The van der Waals surface area contributed by atoms with Crippen molar-refractivity contribution in [1.29, 1.82) is 0 Å². The highest BCUT2D eigenvalue weighted by Gasteiger charge is 2.19. The lowest BCUT2D eigenvalue weighted by atomic mass is 10.1. The molecule has 5 heteroatoms. The van der Waals surface area contributed by atoms with Crippen molar-refractivity contribution < 1.29 is 9.00 Å². The smallest absolute Gasteiger partial charge is 0.175 e. The van der Waals surface area contributed by atoms with Gasteiger partial charge in [-0.05, 0) is 24.1 Å². The van der Waals surface area contributed by atoms with Gasteiger partial charge in [-0.2, -0.15) is 0 Å². The number of halogens is 2. The lowest BCUT2D eigenvalue weighted by Crippen LogP contribution is -2.24. The van der Waals surface area contributed by atoms with Crippen molar-refractivity contribution in [3.8, 4) is 0 Å². The molecule has 0 heterocycles. The first-order chi connectivity index (χ1) is 8.32. The fourth-order valence-electron chi connectivity index (χ4n) is 1.32. The molecular formula is C13H16Cl2O2S. The average Bonchev–Trinajstić information content (AvgIpc) is 2.31. The Balaban J connectivity index is 2.77. The number of hydrogen-bond donors (Lipinski definition) is 0. The number of benzene rings is 1. The number of carbonyl (C=O) groups is 1. The standard InChI is InChI=1S/C13H16Cl2O2S/c1-8(2)9(3)18(17)7-13(16)10-4-5-11(14)12(15)6-10/h4-6,8-9H,7H2,1-3H3. The largest absolute Gasteiger partial charge is 0.293 e. The van der Waals surface area contributed by atoms with Gasteiger partial charge in [0.15, 0.2) is 5.78 Å². The summed E-state index contributed by atoms with van der Waals surface area (Å²) in [7, 11) is -1.16. The van der Waals surface area contributed by atoms with E-state index in [2.05, 4.69) is 0 Å². The van der Waals surface area contributed by atoms with Crippen LogP contribution in [-0.2, 0) is 10.8 Å². The van der Waals surface area contributed by atoms with E-state index in [9.17, 15) is 9.00 Å². The van der Waals surface area contributed by atoms with E-state index in [0.29, 0.717) is 15.6 Å². The topological polar surface area (TPSA) is 34.1 Å². The predicted octanol–water partition coefficient (Wildman–Crippen LogP) is 3.97. The van der Waals surface area contributed by atoms with E-state index >= 15 is 0 Å². The van der Waals surface area contributed by atoms with Crippen molar-refractivity contribution in [1.82, 2.24) is 0 Å². The van der Waals surface area contributed by atoms with Crippen LogP contribution in [0.15, 0.2) is 18.2 Å². The first kappa shape index (κ1) is 15.7. The van der Waals surface area contributed by atoms with Crippen LogP contribution in [0.4, 0.5) is 0 Å². The maximum atomic E-state index is 12.0. The van der Waals surface area contributed by atoms with Gasteiger partial charge in [0, 0.05) is 21.6 Å². The minimum Gasteiger partial charge on any atom is -0.293 e. The van der Waals surface area contributed by atoms with Crippen LogP contribution in [-0.4, -0.2) is 21.0 Å². The van der Waals surface area contributed by atoms with Crippen LogP contribution in [0.5, 0.6) is 0 Å². The van der Waals surface area contributed by atoms with Gasteiger partial charge in [0.05, 0.1) is 15.8 Å². The Kier molecular flexibility index (Phi) is 5.83. The summed E-state index contributed by atoms with van der Waals surface area (Å²) < 4.78 is 12.0. The van der Waals surface area contributed by atoms with Gasteiger partial charge in [-0.1, -0.05) is 44.0 Å². The number of hydrogen-bond acceptors (Lipinski definition) is 2. The molecule has 0 bridgehead atoms. The van der Waals surface area contributed by atoms with E-state index < -0.39 is 10.8 Å². The molecule has 0 aliphatic heterocycles. The Morgan fingerprint density at radius 2 is 1.83 bits per heavy atom. The molecular weight excluding hydrogens is 291 g/mol. The molecule has 0 saturated heterocycles. The second-order valence-corrected chi connectivity index (χ2v) is 7.13. The third kappa shape index (κ3) is 4.08. The van der Waals surface area contributed by atoms with Gasteiger partial charge in [-0.25, -0.2) is 0 Å². The van der Waals surface area contributed by atoms with Gasteiger partial charge in [0.2, 0.25) is 0 Å². The molecule has 0 spiro atoms. The summed E-state index contributed by atoms with van der Waals surface area (Å²) in [6.07, 6.45) is 0. The fourth-order valence-corrected chi connectivity index (χ4v) is 2.91. The van der Waals surface area contributed by atoms with Gasteiger partial charge >= 0.3 is 0 Å². The highest BCUT2D eigenvalue weighted by atomic mass is 35.5. The first-order valence-electron chi connectivity index (χ1n) is 5.68. The molecule has 2 nitrogen and oxygen atoms in total. The Morgan fingerprint density at radius 3 is 2.33 bits per heavy atom. The van der Waals surface area contributed by atoms with Crippen LogP contribution in [0.1, 0.15) is 31.1 Å². The zero-order chi connectivity index (χ0) is 13.9. The summed E-state index contributed by atoms with van der Waals surface area (Å²) in [5.74, 6) is 0.143. The summed E-state index contributed by atoms with van der Waals surface area (Å²) in [6, 6.07) is 4.70. The lowest BCUT2D eigenvalue weighted by molar-refractivity contribution is 0.102. The molecule has 18 heavy (non-hydrogen) atoms. The van der Waals surface area contributed by atoms with Crippen molar-refractivity contribution in [2.24, 2.45) is 5.92 Å². The molecule has 2 unspecified atom stereocenters. The van der Waals surface area contributed by atoms with Crippen molar-refractivity contribution in [3.63, 3.8) is 0 Å². The second kappa shape index (κ2) is 6.69. The lowest BCUT2D eigenvalue weighted by Gasteiger charge is -2.14. The molecule has 0 radical (unpaired) electrons. The van der Waals surface area contributed by atoms with Crippen molar-refractivity contribution in [2.45, 2.75) is 26.0 Å². The molecule has 100 valence electrons. The van der Waals surface area contributed by atoms with Crippen LogP contribution >= 0.6 is 23.2 Å². The maximum absolute atomic E-state index is 12.0. The minimum absolute atomic E-state index is 0.00304. The van der Waals surface area contributed by atoms with Crippen LogP contribution in [0, 0.1) is 5.92 Å². The summed E-state index contributed by atoms with van der Waals surface area (Å²) >= 11 is 11.6. The third-order valence-electron chi connectivity index (χ3n) is 2.87. The molecule has 2 atom stereocenters. The summed E-state index contributed by atoms with van der Waals surface area (Å²) in [4.78, 5) is 12.0. The third-order valence-corrected chi connectivity index (χ3v) is 5.53. The maximum Gasteiger partial charge on any atom is 0.175 e. The quantitative estimate of drug-likeness (QED) is 0.771. The van der Waals surface area contributed by atoms with E-state index in [0.717, 1.165) is 0 Å². The SMILES string of the molecule is CC(C)C(C)S(=O)CC(=O)c1ccc(Cl)c(Cl)c1. The van der Waals surface area contributed by atoms with E-state index in [1.165, 1.54) is 6.07 Å². The number of carbonyl (C=O) groups excluding carboxylic acids is 1. The highest BCUT2D eigenvalue weighted by Crippen LogP contribution is 2.23. The van der Waals surface area contributed by atoms with E-state index in [1.54, 1.807) is 12.1 Å². The molecule has 0 aliphatic rings. The van der Waals surface area contributed by atoms with Crippen molar-refractivity contribution in [2.75, 3.05) is 5.75 Å². The van der Waals surface area contributed by atoms with E-state index in [4.69, 9.17) is 23.2 Å². The average molecular weight is 307 g/mol. The van der Waals surface area contributed by atoms with Crippen LogP contribution in [0.3, 0.4) is 0 Å². The fraction of sp³-hybridized carbons (Fsp3) is 0.462. The van der Waals surface area contributed by atoms with Crippen molar-refractivity contribution >= 4 is 39.8 Å². The summed E-state index contributed by atoms with van der Waals surface area (Å²) in [5.41, 5.74) is 0.453. The molecule has 0 fully saturated rings. The molecule has 1 aromatic rings. The monoisotopic (exact) mass is 306 g/mol. The molecule has 1 rings (SSSR count). The summed E-state index contributed by atoms with van der Waals surface area (Å²) in [5, 5.41) is 0.742. The van der Waals surface area contributed by atoms with Gasteiger partial charge < -0.3 is 0 Å². The highest BCUT2D eigenvalue weighted by molar-refractivity contribution is 7.86. The van der Waals surface area contributed by atoms with E-state index in [1.807, 2.05) is 20.8 Å². The Hall–Kier alpha value is -0.380. The molecule has 1 aromatic carbocycles. The number of ketones is 1. The molecule has 0 aliphatic carbocycles. The predicted molar refractivity (Wildman–Crippen MR) is 78.1 cm³/mol. The molecule has 0 N–H and O–H groups in total. The first-order valence-corrected chi connectivity index (χ1v) is 7.82. The summed E-state index contributed by atoms with van der Waals surface area (Å²) in [6.45, 7) is 5.88. The zero-order valence-corrected chi connectivity index (χ0v) is 12.9. The normalized spacial score (nSPS) is 14.6. The second-order valence-electron chi connectivity index (χ2n) is 4.53. The Morgan fingerprint density at radius 1 is 1.22 bits per heavy atom. The van der Waals surface area contributed by atoms with Gasteiger partial charge in [0.25, 0.3) is 0 Å². The number of rotatable bonds is 5. The number of Topliss-reactive ketones (excluding diaryl/α,β-unsaturated/α-hetero) is 1. The van der Waals surface area contributed by atoms with Crippen LogP contribution < -0.4 is 0 Å². The molecule has 0 saturated carbocycles. The van der Waals surface area contributed by atoms with Gasteiger partial charge in [-0.15, -0.1) is 0 Å². The van der Waals surface area contributed by atoms with E-state index in [-0.39, 0.29) is 22.7 Å². The Labute approximate surface area is 120 Å². The Bertz CT molecular complexity index is 472. The minimum atomic E-state index is -1.16.